The highest BCUT2D eigenvalue weighted by Gasteiger charge is 2.48. The van der Waals surface area contributed by atoms with Crippen molar-refractivity contribution in [2.24, 2.45) is 17.1 Å². The minimum absolute atomic E-state index is 0.263. The minimum atomic E-state index is 0.263. The predicted molar refractivity (Wildman–Crippen MR) is 87.3 cm³/mol. The Morgan fingerprint density at radius 2 is 1.86 bits per heavy atom. The van der Waals surface area contributed by atoms with E-state index in [1.165, 1.54) is 44.9 Å². The van der Waals surface area contributed by atoms with Crippen LogP contribution in [0.15, 0.2) is 0 Å². The van der Waals surface area contributed by atoms with Gasteiger partial charge in [-0.3, -0.25) is 4.90 Å². The predicted octanol–water partition coefficient (Wildman–Crippen LogP) is 3.17. The molecule has 3 heteroatoms. The Kier molecular flexibility index (Phi) is 4.37. The summed E-state index contributed by atoms with van der Waals surface area (Å²) in [6, 6.07) is 0.647. The van der Waals surface area contributed by atoms with Crippen LogP contribution in [0.1, 0.15) is 65.7 Å². The summed E-state index contributed by atoms with van der Waals surface area (Å²) in [5.41, 5.74) is 7.03. The Balaban J connectivity index is 1.72. The maximum Gasteiger partial charge on any atom is 0.0731 e. The lowest BCUT2D eigenvalue weighted by molar-refractivity contribution is -0.111. The van der Waals surface area contributed by atoms with Gasteiger partial charge in [0.05, 0.1) is 12.7 Å². The first kappa shape index (κ1) is 15.8. The van der Waals surface area contributed by atoms with Crippen molar-refractivity contribution < 1.29 is 4.74 Å². The standard InChI is InChI=1S/C18H34N2O/c1-17(2,3)14-7-9-18(13-19,10-8-14)20-11-12-21-16-6-4-5-15(16)20/h14-16H,4-13,19H2,1-3H3. The van der Waals surface area contributed by atoms with Crippen molar-refractivity contribution in [1.82, 2.24) is 4.90 Å². The largest absolute Gasteiger partial charge is 0.375 e. The number of hydrogen-bond acceptors (Lipinski definition) is 3. The van der Waals surface area contributed by atoms with Crippen molar-refractivity contribution in [3.05, 3.63) is 0 Å². The van der Waals surface area contributed by atoms with Crippen molar-refractivity contribution in [2.75, 3.05) is 19.7 Å². The van der Waals surface area contributed by atoms with Gasteiger partial charge in [0.2, 0.25) is 0 Å². The molecule has 0 bridgehead atoms. The third kappa shape index (κ3) is 2.89. The van der Waals surface area contributed by atoms with Crippen LogP contribution >= 0.6 is 0 Å². The number of ether oxygens (including phenoxy) is 1. The highest BCUT2D eigenvalue weighted by molar-refractivity contribution is 5.03. The first-order valence-electron chi connectivity index (χ1n) is 9.05. The molecule has 0 radical (unpaired) electrons. The molecule has 2 saturated carbocycles. The van der Waals surface area contributed by atoms with Gasteiger partial charge in [-0.2, -0.15) is 0 Å². The molecule has 2 aliphatic carbocycles. The summed E-state index contributed by atoms with van der Waals surface area (Å²) in [6.45, 7) is 10.0. The average molecular weight is 294 g/mol. The quantitative estimate of drug-likeness (QED) is 0.850. The van der Waals surface area contributed by atoms with Crippen molar-refractivity contribution >= 4 is 0 Å². The van der Waals surface area contributed by atoms with Crippen molar-refractivity contribution in [3.63, 3.8) is 0 Å². The molecular formula is C18H34N2O. The fourth-order valence-electron chi connectivity index (χ4n) is 5.14. The summed E-state index contributed by atoms with van der Waals surface area (Å²) in [5.74, 6) is 0.859. The Bertz CT molecular complexity index is 355. The lowest BCUT2D eigenvalue weighted by atomic mass is 9.66. The summed E-state index contributed by atoms with van der Waals surface area (Å²) in [7, 11) is 0. The highest BCUT2D eigenvalue weighted by Crippen LogP contribution is 2.46. The number of nitrogens with zero attached hydrogens (tertiary/aromatic N) is 1. The molecule has 2 unspecified atom stereocenters. The zero-order valence-electron chi connectivity index (χ0n) is 14.2. The molecule has 1 heterocycles. The average Bonchev–Trinajstić information content (AvgIpc) is 2.94. The summed E-state index contributed by atoms with van der Waals surface area (Å²) in [4.78, 5) is 2.78. The summed E-state index contributed by atoms with van der Waals surface area (Å²) < 4.78 is 6.01. The van der Waals surface area contributed by atoms with Gasteiger partial charge in [0.1, 0.15) is 0 Å². The summed E-state index contributed by atoms with van der Waals surface area (Å²) >= 11 is 0. The van der Waals surface area contributed by atoms with Crippen LogP contribution in [0.5, 0.6) is 0 Å². The Morgan fingerprint density at radius 1 is 1.14 bits per heavy atom. The zero-order chi connectivity index (χ0) is 15.1. The van der Waals surface area contributed by atoms with Crippen molar-refractivity contribution in [1.29, 1.82) is 0 Å². The van der Waals surface area contributed by atoms with E-state index in [-0.39, 0.29) is 5.54 Å². The number of morpholine rings is 1. The van der Waals surface area contributed by atoms with E-state index in [2.05, 4.69) is 25.7 Å². The van der Waals surface area contributed by atoms with Crippen LogP contribution in [0, 0.1) is 11.3 Å². The van der Waals surface area contributed by atoms with Crippen molar-refractivity contribution in [3.8, 4) is 0 Å². The molecule has 2 N–H and O–H groups in total. The third-order valence-electron chi connectivity index (χ3n) is 6.61. The lowest BCUT2D eigenvalue weighted by Gasteiger charge is -2.54. The molecule has 0 amide bonds. The normalized spacial score (nSPS) is 42.0. The van der Waals surface area contributed by atoms with Crippen LogP contribution in [0.2, 0.25) is 0 Å². The van der Waals surface area contributed by atoms with Crippen molar-refractivity contribution in [2.45, 2.75) is 83.4 Å². The molecular weight excluding hydrogens is 260 g/mol. The molecule has 0 aromatic rings. The smallest absolute Gasteiger partial charge is 0.0731 e. The van der Waals surface area contributed by atoms with Gasteiger partial charge in [-0.25, -0.2) is 0 Å². The zero-order valence-corrected chi connectivity index (χ0v) is 14.2. The van der Waals surface area contributed by atoms with Crippen LogP contribution in [0.25, 0.3) is 0 Å². The van der Waals surface area contributed by atoms with Crippen LogP contribution < -0.4 is 5.73 Å². The Hall–Kier alpha value is -0.120. The van der Waals surface area contributed by atoms with E-state index in [4.69, 9.17) is 10.5 Å². The van der Waals surface area contributed by atoms with E-state index in [0.717, 1.165) is 25.6 Å². The van der Waals surface area contributed by atoms with Crippen LogP contribution in [-0.2, 0) is 4.74 Å². The first-order valence-corrected chi connectivity index (χ1v) is 9.05. The second-order valence-corrected chi connectivity index (χ2v) is 8.67. The maximum atomic E-state index is 6.32. The number of nitrogens with two attached hydrogens (primary N) is 1. The molecule has 3 aliphatic rings. The van der Waals surface area contributed by atoms with Crippen LogP contribution in [0.3, 0.4) is 0 Å². The molecule has 3 nitrogen and oxygen atoms in total. The molecule has 1 aliphatic heterocycles. The molecule has 3 fully saturated rings. The molecule has 3 rings (SSSR count). The highest BCUT2D eigenvalue weighted by atomic mass is 16.5. The van der Waals surface area contributed by atoms with Gasteiger partial charge in [0, 0.05) is 24.7 Å². The summed E-state index contributed by atoms with van der Waals surface area (Å²) in [6.07, 6.45) is 9.65. The van der Waals surface area contributed by atoms with E-state index in [1.54, 1.807) is 0 Å². The molecule has 0 aromatic heterocycles. The molecule has 21 heavy (non-hydrogen) atoms. The maximum absolute atomic E-state index is 6.32. The second kappa shape index (κ2) is 5.82. The van der Waals surface area contributed by atoms with E-state index in [1.807, 2.05) is 0 Å². The van der Waals surface area contributed by atoms with Gasteiger partial charge in [-0.1, -0.05) is 20.8 Å². The Labute approximate surface area is 130 Å². The van der Waals surface area contributed by atoms with Gasteiger partial charge >= 0.3 is 0 Å². The van der Waals surface area contributed by atoms with E-state index < -0.39 is 0 Å². The fraction of sp³-hybridized carbons (Fsp3) is 1.00. The number of rotatable bonds is 2. The van der Waals surface area contributed by atoms with E-state index in [9.17, 15) is 0 Å². The monoisotopic (exact) mass is 294 g/mol. The molecule has 122 valence electrons. The third-order valence-corrected chi connectivity index (χ3v) is 6.61. The van der Waals surface area contributed by atoms with Crippen LogP contribution in [-0.4, -0.2) is 42.3 Å². The minimum Gasteiger partial charge on any atom is -0.375 e. The van der Waals surface area contributed by atoms with E-state index in [0.29, 0.717) is 17.6 Å². The van der Waals surface area contributed by atoms with Gasteiger partial charge in [-0.05, 0) is 56.3 Å². The van der Waals surface area contributed by atoms with Gasteiger partial charge in [0.15, 0.2) is 0 Å². The van der Waals surface area contributed by atoms with E-state index >= 15 is 0 Å². The number of hydrogen-bond donors (Lipinski definition) is 1. The molecule has 0 spiro atoms. The fourth-order valence-corrected chi connectivity index (χ4v) is 5.14. The SMILES string of the molecule is CC(C)(C)C1CCC(CN)(N2CCOC3CCCC32)CC1. The molecule has 1 saturated heterocycles. The van der Waals surface area contributed by atoms with Gasteiger partial charge < -0.3 is 10.5 Å². The topological polar surface area (TPSA) is 38.5 Å². The molecule has 2 atom stereocenters. The van der Waals surface area contributed by atoms with Gasteiger partial charge in [0.25, 0.3) is 0 Å². The lowest BCUT2D eigenvalue weighted by Crippen LogP contribution is -2.64. The number of fused-ring (bicyclic) bond motifs is 1. The summed E-state index contributed by atoms with van der Waals surface area (Å²) in [5, 5.41) is 0. The van der Waals surface area contributed by atoms with Crippen LogP contribution in [0.4, 0.5) is 0 Å². The first-order chi connectivity index (χ1) is 9.96. The molecule has 0 aromatic carbocycles. The Morgan fingerprint density at radius 3 is 2.48 bits per heavy atom. The second-order valence-electron chi connectivity index (χ2n) is 8.67. The van der Waals surface area contributed by atoms with Gasteiger partial charge in [-0.15, -0.1) is 0 Å².